The highest BCUT2D eigenvalue weighted by Crippen LogP contribution is 2.32. The van der Waals surface area contributed by atoms with Crippen molar-refractivity contribution in [2.45, 2.75) is 43.1 Å². The number of piperidine rings is 1. The molecule has 5 rings (SSSR count). The standard InChI is InChI=1S/C25H38ClN9O3S/c1-27-25(36)31-18-4-2-16(3-5-18)20-14-17(6-8-29-20)19-7-9-30-24(32-19)34-22-15-21(23(26)33-22)39(37,38)35-12-10-28-11-13-35/h2-5,15,17,19-20,23-24,28-30,32H,6-14H2,1H3,(H,33,34)(H2,27,31,36). The van der Waals surface area contributed by atoms with E-state index in [9.17, 15) is 13.2 Å². The van der Waals surface area contributed by atoms with Gasteiger partial charge in [-0.25, -0.2) is 18.2 Å². The molecule has 2 amide bonds. The van der Waals surface area contributed by atoms with Gasteiger partial charge in [-0.15, -0.1) is 0 Å². The van der Waals surface area contributed by atoms with E-state index in [1.54, 1.807) is 13.1 Å². The minimum Gasteiger partial charge on any atom is -0.343 e. The first kappa shape index (κ1) is 28.3. The second-order valence-corrected chi connectivity index (χ2v) is 12.6. The topological polar surface area (TPSA) is 151 Å². The molecule has 3 saturated heterocycles. The third-order valence-electron chi connectivity index (χ3n) is 7.77. The largest absolute Gasteiger partial charge is 0.343 e. The maximum Gasteiger partial charge on any atom is 0.318 e. The molecule has 5 unspecified atom stereocenters. The summed E-state index contributed by atoms with van der Waals surface area (Å²) >= 11 is 6.37. The number of benzene rings is 1. The van der Waals surface area contributed by atoms with E-state index in [1.807, 2.05) is 12.1 Å². The Balaban J connectivity index is 1.17. The Morgan fingerprint density at radius 3 is 2.56 bits per heavy atom. The van der Waals surface area contributed by atoms with Gasteiger partial charge in [-0.2, -0.15) is 4.31 Å². The molecule has 5 atom stereocenters. The van der Waals surface area contributed by atoms with Crippen LogP contribution in [-0.2, 0) is 10.0 Å². The maximum absolute atomic E-state index is 13.1. The summed E-state index contributed by atoms with van der Waals surface area (Å²) in [6.07, 6.45) is 4.37. The predicted octanol–water partition coefficient (Wildman–Crippen LogP) is 0.399. The Morgan fingerprint density at radius 1 is 1.08 bits per heavy atom. The van der Waals surface area contributed by atoms with Gasteiger partial charge in [-0.3, -0.25) is 10.6 Å². The van der Waals surface area contributed by atoms with Crippen molar-refractivity contribution in [3.8, 4) is 0 Å². The molecule has 1 aromatic rings. The van der Waals surface area contributed by atoms with Crippen molar-refractivity contribution in [3.63, 3.8) is 0 Å². The minimum absolute atomic E-state index is 0.124. The Morgan fingerprint density at radius 2 is 1.82 bits per heavy atom. The Labute approximate surface area is 234 Å². The number of amidine groups is 1. The molecule has 4 heterocycles. The molecule has 0 saturated carbocycles. The van der Waals surface area contributed by atoms with E-state index in [1.165, 1.54) is 9.87 Å². The van der Waals surface area contributed by atoms with Gasteiger partial charge in [0.05, 0.1) is 0 Å². The lowest BCUT2D eigenvalue weighted by atomic mass is 9.82. The normalized spacial score (nSPS) is 30.3. The minimum atomic E-state index is -3.66. The third-order valence-corrected chi connectivity index (χ3v) is 10.2. The zero-order valence-electron chi connectivity index (χ0n) is 22.0. The molecule has 0 aliphatic carbocycles. The molecule has 4 aliphatic rings. The number of anilines is 1. The lowest BCUT2D eigenvalue weighted by Gasteiger charge is -2.41. The summed E-state index contributed by atoms with van der Waals surface area (Å²) in [5.74, 6) is 0.930. The number of carbonyl (C=O) groups is 1. The van der Waals surface area contributed by atoms with Crippen LogP contribution in [0.3, 0.4) is 0 Å². The molecule has 0 radical (unpaired) electrons. The van der Waals surface area contributed by atoms with Crippen LogP contribution >= 0.6 is 11.6 Å². The van der Waals surface area contributed by atoms with Gasteiger partial charge >= 0.3 is 6.03 Å². The highest BCUT2D eigenvalue weighted by Gasteiger charge is 2.37. The van der Waals surface area contributed by atoms with E-state index in [-0.39, 0.29) is 23.3 Å². The smallest absolute Gasteiger partial charge is 0.318 e. The van der Waals surface area contributed by atoms with E-state index < -0.39 is 15.5 Å². The molecule has 0 bridgehead atoms. The molecule has 39 heavy (non-hydrogen) atoms. The summed E-state index contributed by atoms with van der Waals surface area (Å²) in [7, 11) is -2.07. The Bertz CT molecular complexity index is 1190. The average Bonchev–Trinajstić information content (AvgIpc) is 3.34. The van der Waals surface area contributed by atoms with Gasteiger partial charge < -0.3 is 26.6 Å². The number of amides is 2. The summed E-state index contributed by atoms with van der Waals surface area (Å²) < 4.78 is 27.7. The molecule has 0 aromatic heterocycles. The van der Waals surface area contributed by atoms with E-state index >= 15 is 0 Å². The zero-order valence-corrected chi connectivity index (χ0v) is 23.6. The number of aliphatic imine (C=N–C) groups is 1. The SMILES string of the molecule is CNC(=O)Nc1ccc(C2CC(C3CCNC(NC4=NC(Cl)C(S(=O)(=O)N5CCNCC5)=C4)N3)CCN2)cc1. The summed E-state index contributed by atoms with van der Waals surface area (Å²) in [6, 6.07) is 8.26. The van der Waals surface area contributed by atoms with Crippen LogP contribution in [0.25, 0.3) is 0 Å². The summed E-state index contributed by atoms with van der Waals surface area (Å²) in [6.45, 7) is 3.85. The van der Waals surface area contributed by atoms with Crippen molar-refractivity contribution >= 4 is 39.2 Å². The third kappa shape index (κ3) is 6.73. The number of piperazine rings is 1. The van der Waals surface area contributed by atoms with E-state index in [2.05, 4.69) is 54.3 Å². The van der Waals surface area contributed by atoms with Crippen molar-refractivity contribution < 1.29 is 13.2 Å². The second-order valence-electron chi connectivity index (χ2n) is 10.3. The van der Waals surface area contributed by atoms with Crippen molar-refractivity contribution in [2.75, 3.05) is 51.6 Å². The Hall–Kier alpha value is -2.26. The number of rotatable bonds is 6. The summed E-state index contributed by atoms with van der Waals surface area (Å²) in [5, 5.41) is 22.5. The lowest BCUT2D eigenvalue weighted by Crippen LogP contribution is -2.63. The highest BCUT2D eigenvalue weighted by molar-refractivity contribution is 7.93. The van der Waals surface area contributed by atoms with Gasteiger partial charge in [0.2, 0.25) is 10.0 Å². The van der Waals surface area contributed by atoms with Gasteiger partial charge in [0.1, 0.15) is 17.0 Å². The first-order valence-electron chi connectivity index (χ1n) is 13.6. The van der Waals surface area contributed by atoms with Crippen molar-refractivity contribution in [1.82, 2.24) is 36.2 Å². The predicted molar refractivity (Wildman–Crippen MR) is 153 cm³/mol. The van der Waals surface area contributed by atoms with E-state index in [0.29, 0.717) is 44.0 Å². The lowest BCUT2D eigenvalue weighted by molar-refractivity contribution is 0.177. The number of urea groups is 1. The van der Waals surface area contributed by atoms with Gasteiger partial charge in [0.15, 0.2) is 5.50 Å². The van der Waals surface area contributed by atoms with Crippen LogP contribution in [0.1, 0.15) is 30.9 Å². The summed E-state index contributed by atoms with van der Waals surface area (Å²) in [5.41, 5.74) is 1.02. The maximum atomic E-state index is 13.1. The van der Waals surface area contributed by atoms with Crippen LogP contribution in [0.4, 0.5) is 10.5 Å². The molecule has 12 nitrogen and oxygen atoms in total. The quantitative estimate of drug-likeness (QED) is 0.189. The number of nitrogens with one attached hydrogen (secondary N) is 7. The Kier molecular flexibility index (Phi) is 9.06. The van der Waals surface area contributed by atoms with Crippen molar-refractivity contribution in [1.29, 1.82) is 0 Å². The highest BCUT2D eigenvalue weighted by atomic mass is 35.5. The number of hydrogen-bond acceptors (Lipinski definition) is 9. The molecule has 214 valence electrons. The molecule has 7 N–H and O–H groups in total. The fourth-order valence-electron chi connectivity index (χ4n) is 5.65. The van der Waals surface area contributed by atoms with Crippen molar-refractivity contribution in [2.24, 2.45) is 10.9 Å². The van der Waals surface area contributed by atoms with Crippen molar-refractivity contribution in [3.05, 3.63) is 40.8 Å². The van der Waals surface area contributed by atoms with Gasteiger partial charge in [0.25, 0.3) is 0 Å². The van der Waals surface area contributed by atoms with Crippen LogP contribution in [0.5, 0.6) is 0 Å². The fraction of sp³-hybridized carbons (Fsp3) is 0.600. The molecule has 0 spiro atoms. The first-order chi connectivity index (χ1) is 18.8. The summed E-state index contributed by atoms with van der Waals surface area (Å²) in [4.78, 5) is 16.1. The fourth-order valence-corrected chi connectivity index (χ4v) is 7.67. The molecule has 1 aromatic carbocycles. The molecule has 4 aliphatic heterocycles. The molecule has 14 heteroatoms. The first-order valence-corrected chi connectivity index (χ1v) is 15.4. The number of hydrogen-bond donors (Lipinski definition) is 7. The van der Waals surface area contributed by atoms with Gasteiger partial charge in [0, 0.05) is 51.0 Å². The molecular weight excluding hydrogens is 542 g/mol. The van der Waals surface area contributed by atoms with Gasteiger partial charge in [-0.1, -0.05) is 23.7 Å². The van der Waals surface area contributed by atoms with Gasteiger partial charge in [-0.05, 0) is 62.0 Å². The molecular formula is C25H38ClN9O3S. The van der Waals surface area contributed by atoms with E-state index in [4.69, 9.17) is 11.6 Å². The van der Waals surface area contributed by atoms with E-state index in [0.717, 1.165) is 38.0 Å². The number of sulfonamides is 1. The van der Waals surface area contributed by atoms with Crippen LogP contribution in [-0.4, -0.2) is 88.7 Å². The van der Waals surface area contributed by atoms with Crippen LogP contribution in [0.2, 0.25) is 0 Å². The number of halogens is 1. The van der Waals surface area contributed by atoms with Crippen LogP contribution in [0.15, 0.2) is 40.2 Å². The number of alkyl halides is 1. The second kappa shape index (κ2) is 12.5. The van der Waals surface area contributed by atoms with Crippen LogP contribution < -0.4 is 37.2 Å². The number of carbonyl (C=O) groups excluding carboxylic acids is 1. The van der Waals surface area contributed by atoms with Crippen LogP contribution in [0, 0.1) is 5.92 Å². The molecule has 3 fully saturated rings. The number of nitrogens with zero attached hydrogens (tertiary/aromatic N) is 2. The zero-order chi connectivity index (χ0) is 27.4. The average molecular weight is 580 g/mol. The monoisotopic (exact) mass is 579 g/mol.